The van der Waals surface area contributed by atoms with Gasteiger partial charge in [-0.25, -0.2) is 0 Å². The molecule has 20 heavy (non-hydrogen) atoms. The fourth-order valence-electron chi connectivity index (χ4n) is 2.71. The first kappa shape index (κ1) is 17.6. The van der Waals surface area contributed by atoms with Crippen molar-refractivity contribution in [3.05, 3.63) is 0 Å². The first-order chi connectivity index (χ1) is 9.08. The Morgan fingerprint density at radius 2 is 2.20 bits per heavy atom. The first-order valence-corrected chi connectivity index (χ1v) is 8.01. The molecule has 2 fully saturated rings. The molecule has 2 unspecified atom stereocenters. The number of hydrogen-bond donors (Lipinski definition) is 2. The Labute approximate surface area is 131 Å². The van der Waals surface area contributed by atoms with Crippen LogP contribution in [0.4, 0.5) is 0 Å². The van der Waals surface area contributed by atoms with Crippen LogP contribution in [0.15, 0.2) is 0 Å². The maximum absolute atomic E-state index is 12.2. The van der Waals surface area contributed by atoms with Crippen LogP contribution < -0.4 is 10.6 Å². The van der Waals surface area contributed by atoms with Gasteiger partial charge >= 0.3 is 0 Å². The largest absolute Gasteiger partial charge is 0.353 e. The zero-order valence-corrected chi connectivity index (χ0v) is 13.7. The summed E-state index contributed by atoms with van der Waals surface area (Å²) in [5.41, 5.74) is 0. The number of amides is 2. The van der Waals surface area contributed by atoms with E-state index in [0.29, 0.717) is 13.0 Å². The molecule has 2 rings (SSSR count). The molecule has 2 amide bonds. The number of halogens is 1. The third kappa shape index (κ3) is 3.59. The second kappa shape index (κ2) is 7.52. The lowest BCUT2D eigenvalue weighted by Gasteiger charge is -2.29. The van der Waals surface area contributed by atoms with Crippen molar-refractivity contribution in [2.24, 2.45) is 0 Å². The normalized spacial score (nSPS) is 28.2. The number of thioether (sulfide) groups is 1. The topological polar surface area (TPSA) is 61.4 Å². The summed E-state index contributed by atoms with van der Waals surface area (Å²) in [5.74, 6) is 0.831. The summed E-state index contributed by atoms with van der Waals surface area (Å²) in [6, 6.07) is -0.281. The average molecular weight is 322 g/mol. The zero-order chi connectivity index (χ0) is 13.9. The molecule has 2 N–H and O–H groups in total. The van der Waals surface area contributed by atoms with Crippen molar-refractivity contribution in [1.82, 2.24) is 15.5 Å². The van der Waals surface area contributed by atoms with Crippen LogP contribution in [0, 0.1) is 0 Å². The van der Waals surface area contributed by atoms with E-state index >= 15 is 0 Å². The van der Waals surface area contributed by atoms with E-state index in [1.807, 2.05) is 0 Å². The Kier molecular flexibility index (Phi) is 6.61. The van der Waals surface area contributed by atoms with Crippen LogP contribution in [0.5, 0.6) is 0 Å². The average Bonchev–Trinajstić information content (AvgIpc) is 2.87. The van der Waals surface area contributed by atoms with Gasteiger partial charge in [0, 0.05) is 25.3 Å². The Morgan fingerprint density at radius 3 is 2.90 bits per heavy atom. The van der Waals surface area contributed by atoms with Crippen molar-refractivity contribution in [1.29, 1.82) is 0 Å². The Hall–Kier alpha value is -0.460. The van der Waals surface area contributed by atoms with Crippen LogP contribution in [0.3, 0.4) is 0 Å². The molecule has 116 valence electrons. The van der Waals surface area contributed by atoms with Crippen molar-refractivity contribution >= 4 is 36.0 Å². The van der Waals surface area contributed by atoms with E-state index in [1.54, 1.807) is 16.7 Å². The molecule has 0 aromatic carbocycles. The molecule has 2 heterocycles. The molecule has 7 heteroatoms. The third-order valence-corrected chi connectivity index (χ3v) is 5.28. The summed E-state index contributed by atoms with van der Waals surface area (Å²) in [6.45, 7) is 6.56. The van der Waals surface area contributed by atoms with Crippen LogP contribution >= 0.6 is 24.2 Å². The molecule has 0 bridgehead atoms. The van der Waals surface area contributed by atoms with Crippen LogP contribution in [0.25, 0.3) is 0 Å². The first-order valence-electron chi connectivity index (χ1n) is 7.03. The number of carbonyl (C=O) groups is 2. The van der Waals surface area contributed by atoms with Gasteiger partial charge in [0.05, 0.1) is 4.87 Å². The molecule has 0 aliphatic carbocycles. The summed E-state index contributed by atoms with van der Waals surface area (Å²) in [6.07, 6.45) is 2.53. The van der Waals surface area contributed by atoms with Gasteiger partial charge in [-0.05, 0) is 26.3 Å². The van der Waals surface area contributed by atoms with E-state index in [-0.39, 0.29) is 35.1 Å². The molecular formula is C13H24ClN3O2S. The Balaban J connectivity index is 0.00000200. The van der Waals surface area contributed by atoms with Gasteiger partial charge in [-0.15, -0.1) is 24.2 Å². The molecule has 0 saturated carbocycles. The molecule has 0 aromatic heterocycles. The minimum Gasteiger partial charge on any atom is -0.353 e. The summed E-state index contributed by atoms with van der Waals surface area (Å²) in [7, 11) is 0. The van der Waals surface area contributed by atoms with Gasteiger partial charge in [0.25, 0.3) is 0 Å². The van der Waals surface area contributed by atoms with Crippen LogP contribution in [-0.2, 0) is 9.59 Å². The standard InChI is InChI=1S/C13H23N3O2S.ClH/c1-3-6-14-7-8-15-12(18)10-9-19-13(2)5-4-11(17)16(10)13;/h10,14H,3-9H2,1-2H3,(H,15,18);1H. The maximum Gasteiger partial charge on any atom is 0.243 e. The molecule has 0 radical (unpaired) electrons. The van der Waals surface area contributed by atoms with E-state index in [1.165, 1.54) is 0 Å². The van der Waals surface area contributed by atoms with Crippen molar-refractivity contribution in [2.45, 2.75) is 44.0 Å². The fourth-order valence-corrected chi connectivity index (χ4v) is 4.14. The minimum absolute atomic E-state index is 0. The van der Waals surface area contributed by atoms with Gasteiger partial charge in [0.1, 0.15) is 6.04 Å². The lowest BCUT2D eigenvalue weighted by atomic mass is 10.2. The van der Waals surface area contributed by atoms with Crippen molar-refractivity contribution in [3.8, 4) is 0 Å². The van der Waals surface area contributed by atoms with E-state index in [2.05, 4.69) is 24.5 Å². The molecule has 2 saturated heterocycles. The highest BCUT2D eigenvalue weighted by Gasteiger charge is 2.52. The van der Waals surface area contributed by atoms with Crippen LogP contribution in [0.1, 0.15) is 33.1 Å². The van der Waals surface area contributed by atoms with Gasteiger partial charge in [0.15, 0.2) is 0 Å². The van der Waals surface area contributed by atoms with Gasteiger partial charge < -0.3 is 15.5 Å². The van der Waals surface area contributed by atoms with Crippen molar-refractivity contribution in [2.75, 3.05) is 25.4 Å². The van der Waals surface area contributed by atoms with Crippen molar-refractivity contribution < 1.29 is 9.59 Å². The smallest absolute Gasteiger partial charge is 0.243 e. The van der Waals surface area contributed by atoms with E-state index in [4.69, 9.17) is 0 Å². The third-order valence-electron chi connectivity index (χ3n) is 3.78. The highest BCUT2D eigenvalue weighted by atomic mass is 35.5. The second-order valence-corrected chi connectivity index (χ2v) is 6.81. The summed E-state index contributed by atoms with van der Waals surface area (Å²) in [5, 5.41) is 6.17. The van der Waals surface area contributed by atoms with E-state index in [0.717, 1.165) is 31.7 Å². The lowest BCUT2D eigenvalue weighted by Crippen LogP contribution is -2.50. The molecule has 2 aliphatic rings. The van der Waals surface area contributed by atoms with Crippen molar-refractivity contribution in [3.63, 3.8) is 0 Å². The number of rotatable bonds is 6. The molecule has 0 aromatic rings. The van der Waals surface area contributed by atoms with E-state index < -0.39 is 0 Å². The molecule has 5 nitrogen and oxygen atoms in total. The quantitative estimate of drug-likeness (QED) is 0.716. The van der Waals surface area contributed by atoms with Gasteiger partial charge in [-0.1, -0.05) is 6.92 Å². The number of carbonyl (C=O) groups excluding carboxylic acids is 2. The Bertz CT molecular complexity index is 370. The van der Waals surface area contributed by atoms with Gasteiger partial charge in [-0.2, -0.15) is 0 Å². The monoisotopic (exact) mass is 321 g/mol. The highest BCUT2D eigenvalue weighted by Crippen LogP contribution is 2.47. The lowest BCUT2D eigenvalue weighted by molar-refractivity contribution is -0.137. The predicted molar refractivity (Wildman–Crippen MR) is 84.1 cm³/mol. The minimum atomic E-state index is -0.281. The highest BCUT2D eigenvalue weighted by molar-refractivity contribution is 8.01. The molecule has 2 aliphatic heterocycles. The molecular weight excluding hydrogens is 298 g/mol. The SMILES string of the molecule is CCCNCCNC(=O)C1CSC2(C)CCC(=O)N12.Cl. The summed E-state index contributed by atoms with van der Waals surface area (Å²) in [4.78, 5) is 25.7. The van der Waals surface area contributed by atoms with Crippen LogP contribution in [0.2, 0.25) is 0 Å². The Morgan fingerprint density at radius 1 is 1.45 bits per heavy atom. The summed E-state index contributed by atoms with van der Waals surface area (Å²) < 4.78 is 0. The van der Waals surface area contributed by atoms with Gasteiger partial charge in [-0.3, -0.25) is 9.59 Å². The molecule has 2 atom stereocenters. The number of nitrogens with zero attached hydrogens (tertiary/aromatic N) is 1. The van der Waals surface area contributed by atoms with E-state index in [9.17, 15) is 9.59 Å². The van der Waals surface area contributed by atoms with Gasteiger partial charge in [0.2, 0.25) is 11.8 Å². The number of hydrogen-bond acceptors (Lipinski definition) is 4. The number of nitrogens with one attached hydrogen (secondary N) is 2. The summed E-state index contributed by atoms with van der Waals surface area (Å²) >= 11 is 1.73. The van der Waals surface area contributed by atoms with Crippen LogP contribution in [-0.4, -0.2) is 53.0 Å². The predicted octanol–water partition coefficient (Wildman–Crippen LogP) is 0.978. The fraction of sp³-hybridized carbons (Fsp3) is 0.846. The molecule has 0 spiro atoms. The zero-order valence-electron chi connectivity index (χ0n) is 12.1. The maximum atomic E-state index is 12.2. The number of fused-ring (bicyclic) bond motifs is 1. The second-order valence-electron chi connectivity index (χ2n) is 5.31.